The third-order valence-electron chi connectivity index (χ3n) is 5.14. The van der Waals surface area contributed by atoms with Crippen molar-refractivity contribution in [1.29, 1.82) is 0 Å². The van der Waals surface area contributed by atoms with Crippen LogP contribution in [0, 0.1) is 13.8 Å². The summed E-state index contributed by atoms with van der Waals surface area (Å²) >= 11 is 0. The molecule has 7 heteroatoms. The smallest absolute Gasteiger partial charge is 0.231 e. The van der Waals surface area contributed by atoms with E-state index in [1.807, 2.05) is 74.0 Å². The van der Waals surface area contributed by atoms with Crippen LogP contribution in [0.25, 0.3) is 5.82 Å². The third-order valence-corrected chi connectivity index (χ3v) is 5.14. The molecular weight excluding hydrogens is 402 g/mol. The van der Waals surface area contributed by atoms with Gasteiger partial charge in [0.15, 0.2) is 0 Å². The van der Waals surface area contributed by atoms with E-state index in [1.54, 1.807) is 24.4 Å². The maximum absolute atomic E-state index is 12.8. The molecule has 2 aromatic heterocycles. The predicted molar refractivity (Wildman–Crippen MR) is 123 cm³/mol. The molecule has 0 spiro atoms. The number of hydrogen-bond acceptors (Lipinski definition) is 5. The molecule has 2 aromatic carbocycles. The average Bonchev–Trinajstić information content (AvgIpc) is 3.22. The number of aryl methyl sites for hydroxylation is 2. The van der Waals surface area contributed by atoms with Crippen molar-refractivity contribution in [1.82, 2.24) is 19.5 Å². The summed E-state index contributed by atoms with van der Waals surface area (Å²) in [5.41, 5.74) is 1.72. The Morgan fingerprint density at radius 2 is 1.81 bits per heavy atom. The van der Waals surface area contributed by atoms with Crippen LogP contribution in [0.3, 0.4) is 0 Å². The quantitative estimate of drug-likeness (QED) is 0.438. The van der Waals surface area contributed by atoms with E-state index in [4.69, 9.17) is 4.74 Å². The van der Waals surface area contributed by atoms with Crippen LogP contribution >= 0.6 is 0 Å². The number of ether oxygens (including phenoxy) is 1. The van der Waals surface area contributed by atoms with E-state index in [1.165, 1.54) is 0 Å². The molecule has 0 saturated carbocycles. The van der Waals surface area contributed by atoms with E-state index in [2.05, 4.69) is 20.3 Å². The van der Waals surface area contributed by atoms with Gasteiger partial charge in [-0.1, -0.05) is 37.3 Å². The molecule has 0 aliphatic rings. The molecule has 0 fully saturated rings. The molecule has 2 heterocycles. The zero-order chi connectivity index (χ0) is 22.5. The lowest BCUT2D eigenvalue weighted by atomic mass is 9.95. The molecule has 1 amide bonds. The highest BCUT2D eigenvalue weighted by molar-refractivity contribution is 5.95. The number of nitrogens with one attached hydrogen (secondary N) is 1. The second kappa shape index (κ2) is 9.43. The van der Waals surface area contributed by atoms with Crippen molar-refractivity contribution in [2.24, 2.45) is 0 Å². The van der Waals surface area contributed by atoms with Gasteiger partial charge in [-0.15, -0.1) is 0 Å². The molecule has 162 valence electrons. The normalized spacial score (nSPS) is 11.7. The Morgan fingerprint density at radius 1 is 1.06 bits per heavy atom. The highest BCUT2D eigenvalue weighted by Crippen LogP contribution is 2.25. The fraction of sp³-hybridized carbons (Fsp3) is 0.200. The molecule has 1 atom stereocenters. The molecule has 0 aliphatic carbocycles. The van der Waals surface area contributed by atoms with Crippen molar-refractivity contribution >= 4 is 11.6 Å². The Hall–Kier alpha value is -4.00. The molecule has 0 aliphatic heterocycles. The summed E-state index contributed by atoms with van der Waals surface area (Å²) in [7, 11) is 0. The van der Waals surface area contributed by atoms with Gasteiger partial charge in [0.25, 0.3) is 0 Å². The van der Waals surface area contributed by atoms with Gasteiger partial charge in [-0.3, -0.25) is 9.36 Å². The molecule has 1 unspecified atom stereocenters. The van der Waals surface area contributed by atoms with Gasteiger partial charge in [0.1, 0.15) is 23.2 Å². The Bertz CT molecular complexity index is 1200. The first kappa shape index (κ1) is 21.2. The standard InChI is InChI=1S/C25H25N5O2/c1-4-22(19-8-6-5-7-9-19)25(31)29-20-10-12-21(13-11-20)32-24-16-23(27-17(2)28-24)30-15-14-26-18(30)3/h5-16,22H,4H2,1-3H3,(H,29,31). The van der Waals surface area contributed by atoms with Crippen molar-refractivity contribution in [3.8, 4) is 17.4 Å². The van der Waals surface area contributed by atoms with E-state index in [-0.39, 0.29) is 11.8 Å². The number of aromatic nitrogens is 4. The summed E-state index contributed by atoms with van der Waals surface area (Å²) in [4.78, 5) is 25.8. The van der Waals surface area contributed by atoms with Crippen LogP contribution in [-0.4, -0.2) is 25.4 Å². The molecule has 7 nitrogen and oxygen atoms in total. The Balaban J connectivity index is 1.46. The number of nitrogens with zero attached hydrogens (tertiary/aromatic N) is 4. The van der Waals surface area contributed by atoms with Gasteiger partial charge < -0.3 is 10.1 Å². The summed E-state index contributed by atoms with van der Waals surface area (Å²) < 4.78 is 7.81. The molecular formula is C25H25N5O2. The zero-order valence-corrected chi connectivity index (χ0v) is 18.3. The maximum Gasteiger partial charge on any atom is 0.231 e. The summed E-state index contributed by atoms with van der Waals surface area (Å²) in [6.45, 7) is 5.74. The molecule has 4 rings (SSSR count). The number of benzene rings is 2. The van der Waals surface area contributed by atoms with Crippen molar-refractivity contribution in [3.63, 3.8) is 0 Å². The van der Waals surface area contributed by atoms with Gasteiger partial charge in [0.05, 0.1) is 5.92 Å². The second-order valence-electron chi connectivity index (χ2n) is 7.44. The fourth-order valence-corrected chi connectivity index (χ4v) is 3.54. The zero-order valence-electron chi connectivity index (χ0n) is 18.3. The van der Waals surface area contributed by atoms with E-state index in [0.717, 1.165) is 17.8 Å². The lowest BCUT2D eigenvalue weighted by Gasteiger charge is -2.15. The largest absolute Gasteiger partial charge is 0.439 e. The molecule has 1 N–H and O–H groups in total. The number of rotatable bonds is 7. The van der Waals surface area contributed by atoms with Gasteiger partial charge in [0.2, 0.25) is 11.8 Å². The first-order valence-corrected chi connectivity index (χ1v) is 10.5. The summed E-state index contributed by atoms with van der Waals surface area (Å²) in [6.07, 6.45) is 4.29. The van der Waals surface area contributed by atoms with E-state index >= 15 is 0 Å². The Labute approximate surface area is 187 Å². The van der Waals surface area contributed by atoms with Crippen LogP contribution in [0.15, 0.2) is 73.1 Å². The topological polar surface area (TPSA) is 81.9 Å². The molecule has 0 saturated heterocycles. The Morgan fingerprint density at radius 3 is 2.47 bits per heavy atom. The van der Waals surface area contributed by atoms with Gasteiger partial charge >= 0.3 is 0 Å². The van der Waals surface area contributed by atoms with Gasteiger partial charge in [0, 0.05) is 24.1 Å². The highest BCUT2D eigenvalue weighted by atomic mass is 16.5. The van der Waals surface area contributed by atoms with E-state index in [0.29, 0.717) is 29.0 Å². The number of carbonyl (C=O) groups excluding carboxylic acids is 1. The minimum atomic E-state index is -0.193. The van der Waals surface area contributed by atoms with Crippen LogP contribution in [0.1, 0.15) is 36.5 Å². The van der Waals surface area contributed by atoms with Crippen molar-refractivity contribution in [3.05, 3.63) is 90.3 Å². The molecule has 32 heavy (non-hydrogen) atoms. The van der Waals surface area contributed by atoms with Gasteiger partial charge in [-0.05, 0) is 50.1 Å². The SMILES string of the molecule is CCC(C(=O)Nc1ccc(Oc2cc(-n3ccnc3C)nc(C)n2)cc1)c1ccccc1. The van der Waals surface area contributed by atoms with Crippen LogP contribution in [0.2, 0.25) is 0 Å². The van der Waals surface area contributed by atoms with Crippen molar-refractivity contribution in [2.75, 3.05) is 5.32 Å². The monoisotopic (exact) mass is 427 g/mol. The Kier molecular flexibility index (Phi) is 6.26. The maximum atomic E-state index is 12.8. The highest BCUT2D eigenvalue weighted by Gasteiger charge is 2.18. The molecule has 0 radical (unpaired) electrons. The number of carbonyl (C=O) groups is 1. The second-order valence-corrected chi connectivity index (χ2v) is 7.44. The molecule has 4 aromatic rings. The number of imidazole rings is 1. The first-order chi connectivity index (χ1) is 15.5. The number of anilines is 1. The minimum Gasteiger partial charge on any atom is -0.439 e. The van der Waals surface area contributed by atoms with Crippen molar-refractivity contribution in [2.45, 2.75) is 33.1 Å². The number of amides is 1. The first-order valence-electron chi connectivity index (χ1n) is 10.5. The van der Waals surface area contributed by atoms with Crippen LogP contribution < -0.4 is 10.1 Å². The summed E-state index contributed by atoms with van der Waals surface area (Å²) in [6, 6.07) is 18.8. The fourth-order valence-electron chi connectivity index (χ4n) is 3.54. The summed E-state index contributed by atoms with van der Waals surface area (Å²) in [5.74, 6) is 2.95. The third kappa shape index (κ3) is 4.83. The van der Waals surface area contributed by atoms with Gasteiger partial charge in [-0.2, -0.15) is 4.98 Å². The van der Waals surface area contributed by atoms with Gasteiger partial charge in [-0.25, -0.2) is 9.97 Å². The van der Waals surface area contributed by atoms with Crippen LogP contribution in [0.5, 0.6) is 11.6 Å². The minimum absolute atomic E-state index is 0.0286. The lowest BCUT2D eigenvalue weighted by molar-refractivity contribution is -0.117. The number of hydrogen-bond donors (Lipinski definition) is 1. The average molecular weight is 428 g/mol. The van der Waals surface area contributed by atoms with E-state index in [9.17, 15) is 4.79 Å². The van der Waals surface area contributed by atoms with Crippen LogP contribution in [0.4, 0.5) is 5.69 Å². The summed E-state index contributed by atoms with van der Waals surface area (Å²) in [5, 5.41) is 3.00. The van der Waals surface area contributed by atoms with E-state index < -0.39 is 0 Å². The van der Waals surface area contributed by atoms with Crippen molar-refractivity contribution < 1.29 is 9.53 Å². The lowest BCUT2D eigenvalue weighted by Crippen LogP contribution is -2.20. The van der Waals surface area contributed by atoms with Crippen LogP contribution in [-0.2, 0) is 4.79 Å². The predicted octanol–water partition coefficient (Wildman–Crippen LogP) is 5.20. The molecule has 0 bridgehead atoms.